The number of hydrogen-bond acceptors (Lipinski definition) is 5. The van der Waals surface area contributed by atoms with Crippen molar-refractivity contribution in [2.45, 2.75) is 18.4 Å². The molecule has 0 radical (unpaired) electrons. The molecule has 2 rings (SSSR count). The minimum Gasteiger partial charge on any atom is -0.496 e. The third-order valence-corrected chi connectivity index (χ3v) is 3.32. The maximum absolute atomic E-state index is 9.17. The normalized spacial score (nSPS) is 17.2. The Kier molecular flexibility index (Phi) is 3.82. The lowest BCUT2D eigenvalue weighted by molar-refractivity contribution is 0.235. The van der Waals surface area contributed by atoms with Crippen LogP contribution < -0.4 is 19.9 Å². The summed E-state index contributed by atoms with van der Waals surface area (Å²) in [4.78, 5) is 0. The number of hydrogen-bond donors (Lipinski definition) is 1. The van der Waals surface area contributed by atoms with E-state index >= 15 is 0 Å². The largest absolute Gasteiger partial charge is 0.496 e. The molecular formula is C14H18N2O3. The summed E-state index contributed by atoms with van der Waals surface area (Å²) in [6, 6.07) is 7.40. The van der Waals surface area contributed by atoms with Crippen LogP contribution in [-0.2, 0) is 0 Å². The van der Waals surface area contributed by atoms with Gasteiger partial charge >= 0.3 is 0 Å². The standard InChI is InChI=1S/C14H18N2O3/c1-17-11-5-12(18-2)7-13(6-11)19-9-14(16,8-15)10-3-4-10/h5-7,10H,3-4,9,16H2,1-2H3. The molecule has 0 saturated heterocycles. The van der Waals surface area contributed by atoms with Gasteiger partial charge in [0.25, 0.3) is 0 Å². The summed E-state index contributed by atoms with van der Waals surface area (Å²) in [5, 5.41) is 9.17. The Bertz CT molecular complexity index is 472. The quantitative estimate of drug-likeness (QED) is 0.844. The summed E-state index contributed by atoms with van der Waals surface area (Å²) in [5.41, 5.74) is 5.14. The van der Waals surface area contributed by atoms with Crippen molar-refractivity contribution in [3.8, 4) is 23.3 Å². The van der Waals surface area contributed by atoms with E-state index in [1.807, 2.05) is 0 Å². The van der Waals surface area contributed by atoms with Crippen molar-refractivity contribution in [3.05, 3.63) is 18.2 Å². The van der Waals surface area contributed by atoms with Crippen molar-refractivity contribution >= 4 is 0 Å². The summed E-state index contributed by atoms with van der Waals surface area (Å²) in [7, 11) is 3.15. The molecule has 0 amide bonds. The maximum Gasteiger partial charge on any atom is 0.141 e. The Morgan fingerprint density at radius 2 is 1.74 bits per heavy atom. The van der Waals surface area contributed by atoms with E-state index in [9.17, 15) is 5.26 Å². The second-order valence-electron chi connectivity index (χ2n) is 4.76. The second kappa shape index (κ2) is 5.37. The molecule has 1 aromatic rings. The molecular weight excluding hydrogens is 244 g/mol. The summed E-state index contributed by atoms with van der Waals surface area (Å²) >= 11 is 0. The number of methoxy groups -OCH3 is 2. The lowest BCUT2D eigenvalue weighted by Crippen LogP contribution is -2.46. The fraction of sp³-hybridized carbons (Fsp3) is 0.500. The van der Waals surface area contributed by atoms with Gasteiger partial charge in [0.1, 0.15) is 29.4 Å². The zero-order valence-corrected chi connectivity index (χ0v) is 11.2. The SMILES string of the molecule is COc1cc(OC)cc(OCC(N)(C#N)C2CC2)c1. The Morgan fingerprint density at radius 1 is 1.21 bits per heavy atom. The number of nitriles is 1. The van der Waals surface area contributed by atoms with E-state index in [2.05, 4.69) is 6.07 Å². The molecule has 1 aliphatic rings. The number of ether oxygens (including phenoxy) is 3. The highest BCUT2D eigenvalue weighted by Gasteiger charge is 2.43. The molecule has 0 spiro atoms. The highest BCUT2D eigenvalue weighted by molar-refractivity contribution is 5.42. The number of benzene rings is 1. The molecule has 0 bridgehead atoms. The van der Waals surface area contributed by atoms with Gasteiger partial charge in [0, 0.05) is 18.2 Å². The molecule has 5 nitrogen and oxygen atoms in total. The minimum atomic E-state index is -0.906. The summed E-state index contributed by atoms with van der Waals surface area (Å²) in [6.07, 6.45) is 1.99. The van der Waals surface area contributed by atoms with Gasteiger partial charge in [-0.3, -0.25) is 0 Å². The number of nitrogens with zero attached hydrogens (tertiary/aromatic N) is 1. The van der Waals surface area contributed by atoms with Gasteiger partial charge < -0.3 is 19.9 Å². The van der Waals surface area contributed by atoms with E-state index in [1.165, 1.54) is 0 Å². The van der Waals surface area contributed by atoms with Gasteiger partial charge in [0.2, 0.25) is 0 Å². The van der Waals surface area contributed by atoms with Crippen molar-refractivity contribution in [1.29, 1.82) is 5.26 Å². The third-order valence-electron chi connectivity index (χ3n) is 3.32. The van der Waals surface area contributed by atoms with Gasteiger partial charge in [-0.15, -0.1) is 0 Å². The van der Waals surface area contributed by atoms with Crippen molar-refractivity contribution in [2.75, 3.05) is 20.8 Å². The van der Waals surface area contributed by atoms with Gasteiger partial charge in [-0.2, -0.15) is 5.26 Å². The summed E-state index contributed by atoms with van der Waals surface area (Å²) in [5.74, 6) is 2.10. The first-order chi connectivity index (χ1) is 9.11. The molecule has 1 aliphatic carbocycles. The number of nitrogens with two attached hydrogens (primary N) is 1. The lowest BCUT2D eigenvalue weighted by atomic mass is 9.98. The predicted molar refractivity (Wildman–Crippen MR) is 70.3 cm³/mol. The van der Waals surface area contributed by atoms with Crippen LogP contribution in [0.2, 0.25) is 0 Å². The molecule has 0 aromatic heterocycles. The molecule has 0 heterocycles. The molecule has 2 N–H and O–H groups in total. The molecule has 1 fully saturated rings. The van der Waals surface area contributed by atoms with Crippen molar-refractivity contribution in [1.82, 2.24) is 0 Å². The average molecular weight is 262 g/mol. The van der Waals surface area contributed by atoms with Crippen LogP contribution in [0.1, 0.15) is 12.8 Å². The Labute approximate surface area is 112 Å². The first-order valence-corrected chi connectivity index (χ1v) is 6.17. The van der Waals surface area contributed by atoms with Gasteiger partial charge in [0.05, 0.1) is 20.3 Å². The van der Waals surface area contributed by atoms with Crippen LogP contribution in [0.4, 0.5) is 0 Å². The smallest absolute Gasteiger partial charge is 0.141 e. The molecule has 19 heavy (non-hydrogen) atoms. The van der Waals surface area contributed by atoms with Crippen LogP contribution in [-0.4, -0.2) is 26.4 Å². The maximum atomic E-state index is 9.17. The van der Waals surface area contributed by atoms with Crippen molar-refractivity contribution in [2.24, 2.45) is 11.7 Å². The van der Waals surface area contributed by atoms with Crippen molar-refractivity contribution < 1.29 is 14.2 Å². The summed E-state index contributed by atoms with van der Waals surface area (Å²) < 4.78 is 16.0. The molecule has 5 heteroatoms. The van der Waals surface area contributed by atoms with Gasteiger partial charge in [-0.25, -0.2) is 0 Å². The molecule has 1 atom stereocenters. The van der Waals surface area contributed by atoms with Crippen LogP contribution >= 0.6 is 0 Å². The summed E-state index contributed by atoms with van der Waals surface area (Å²) in [6.45, 7) is 0.171. The topological polar surface area (TPSA) is 77.5 Å². The zero-order chi connectivity index (χ0) is 13.9. The molecule has 1 unspecified atom stereocenters. The molecule has 1 aromatic carbocycles. The van der Waals surface area contributed by atoms with Crippen molar-refractivity contribution in [3.63, 3.8) is 0 Å². The van der Waals surface area contributed by atoms with Crippen LogP contribution in [0, 0.1) is 17.2 Å². The lowest BCUT2D eigenvalue weighted by Gasteiger charge is -2.21. The number of rotatable bonds is 6. The highest BCUT2D eigenvalue weighted by atomic mass is 16.5. The first-order valence-electron chi connectivity index (χ1n) is 6.17. The minimum absolute atomic E-state index is 0.171. The van der Waals surface area contributed by atoms with E-state index in [0.29, 0.717) is 17.2 Å². The Balaban J connectivity index is 2.08. The first kappa shape index (κ1) is 13.5. The van der Waals surface area contributed by atoms with Crippen LogP contribution in [0.25, 0.3) is 0 Å². The Hall–Kier alpha value is -1.93. The van der Waals surface area contributed by atoms with Gasteiger partial charge in [-0.1, -0.05) is 0 Å². The van der Waals surface area contributed by atoms with E-state index in [-0.39, 0.29) is 12.5 Å². The van der Waals surface area contributed by atoms with Crippen LogP contribution in [0.15, 0.2) is 18.2 Å². The zero-order valence-electron chi connectivity index (χ0n) is 11.2. The highest BCUT2D eigenvalue weighted by Crippen LogP contribution is 2.38. The van der Waals surface area contributed by atoms with Gasteiger partial charge in [0.15, 0.2) is 0 Å². The van der Waals surface area contributed by atoms with Crippen LogP contribution in [0.3, 0.4) is 0 Å². The van der Waals surface area contributed by atoms with E-state index in [0.717, 1.165) is 12.8 Å². The fourth-order valence-electron chi connectivity index (χ4n) is 1.91. The molecule has 1 saturated carbocycles. The second-order valence-corrected chi connectivity index (χ2v) is 4.76. The van der Waals surface area contributed by atoms with Gasteiger partial charge in [-0.05, 0) is 18.8 Å². The van der Waals surface area contributed by atoms with E-state index < -0.39 is 5.54 Å². The monoisotopic (exact) mass is 262 g/mol. The van der Waals surface area contributed by atoms with E-state index in [4.69, 9.17) is 19.9 Å². The fourth-order valence-corrected chi connectivity index (χ4v) is 1.91. The third kappa shape index (κ3) is 3.09. The Morgan fingerprint density at radius 3 is 2.16 bits per heavy atom. The average Bonchev–Trinajstić information content (AvgIpc) is 3.29. The molecule has 102 valence electrons. The predicted octanol–water partition coefficient (Wildman–Crippen LogP) is 1.71. The van der Waals surface area contributed by atoms with E-state index in [1.54, 1.807) is 32.4 Å². The molecule has 0 aliphatic heterocycles. The van der Waals surface area contributed by atoms with Crippen LogP contribution in [0.5, 0.6) is 17.2 Å².